The molecule has 0 saturated heterocycles. The molecule has 1 N–H and O–H groups in total. The Labute approximate surface area is 148 Å². The number of aromatic nitrogens is 2. The van der Waals surface area contributed by atoms with E-state index in [-0.39, 0.29) is 5.78 Å². The number of ketones is 1. The van der Waals surface area contributed by atoms with Crippen molar-refractivity contribution in [3.05, 3.63) is 59.4 Å². The van der Waals surface area contributed by atoms with Gasteiger partial charge in [-0.15, -0.1) is 0 Å². The summed E-state index contributed by atoms with van der Waals surface area (Å²) >= 11 is 0. The van der Waals surface area contributed by atoms with E-state index in [0.29, 0.717) is 12.0 Å². The van der Waals surface area contributed by atoms with Crippen LogP contribution in [-0.2, 0) is 12.8 Å². The van der Waals surface area contributed by atoms with E-state index in [4.69, 9.17) is 4.98 Å². The number of aryl methyl sites for hydroxylation is 1. The largest absolute Gasteiger partial charge is 0.390 e. The first-order valence-electron chi connectivity index (χ1n) is 8.63. The van der Waals surface area contributed by atoms with Crippen LogP contribution in [0.2, 0.25) is 0 Å². The van der Waals surface area contributed by atoms with E-state index in [1.54, 1.807) is 6.92 Å². The molecular weight excluding hydrogens is 312 g/mol. The quantitative estimate of drug-likeness (QED) is 0.714. The fourth-order valence-electron chi connectivity index (χ4n) is 3.22. The smallest absolute Gasteiger partial charge is 0.162 e. The average molecular weight is 336 g/mol. The first kappa shape index (κ1) is 17.4. The monoisotopic (exact) mass is 336 g/mol. The van der Waals surface area contributed by atoms with Crippen molar-refractivity contribution in [1.82, 2.24) is 9.55 Å². The van der Waals surface area contributed by atoms with Crippen molar-refractivity contribution in [3.63, 3.8) is 0 Å². The van der Waals surface area contributed by atoms with Crippen molar-refractivity contribution in [2.45, 2.75) is 46.1 Å². The lowest BCUT2D eigenvalue weighted by molar-refractivity contribution is 0.0810. The minimum atomic E-state index is -0.728. The molecule has 0 atom stereocenters. The van der Waals surface area contributed by atoms with Gasteiger partial charge in [0.1, 0.15) is 5.82 Å². The number of Topliss-reactive ketones (excluding diaryl/α,β-unsaturated/α-hetero) is 1. The van der Waals surface area contributed by atoms with Crippen molar-refractivity contribution >= 4 is 16.8 Å². The highest BCUT2D eigenvalue weighted by Crippen LogP contribution is 2.25. The third-order valence-corrected chi connectivity index (χ3v) is 4.28. The lowest BCUT2D eigenvalue weighted by Gasteiger charge is -2.17. The summed E-state index contributed by atoms with van der Waals surface area (Å²) in [5.74, 6) is 0.956. The summed E-state index contributed by atoms with van der Waals surface area (Å²) < 4.78 is 2.11. The molecular formula is C21H24N2O2. The van der Waals surface area contributed by atoms with E-state index in [2.05, 4.69) is 11.5 Å². The third kappa shape index (κ3) is 3.49. The molecule has 0 fully saturated rings. The molecule has 0 spiro atoms. The van der Waals surface area contributed by atoms with Crippen molar-refractivity contribution in [3.8, 4) is 5.69 Å². The minimum Gasteiger partial charge on any atom is -0.390 e. The Morgan fingerprint density at radius 2 is 1.84 bits per heavy atom. The predicted molar refractivity (Wildman–Crippen MR) is 100 cm³/mol. The van der Waals surface area contributed by atoms with Gasteiger partial charge in [0.2, 0.25) is 0 Å². The predicted octanol–water partition coefficient (Wildman–Crippen LogP) is 4.10. The Kier molecular flexibility index (Phi) is 4.48. The van der Waals surface area contributed by atoms with Crippen LogP contribution in [0.3, 0.4) is 0 Å². The van der Waals surface area contributed by atoms with Gasteiger partial charge in [-0.2, -0.15) is 0 Å². The zero-order valence-corrected chi connectivity index (χ0v) is 15.2. The molecule has 0 saturated carbocycles. The van der Waals surface area contributed by atoms with Crippen molar-refractivity contribution in [2.75, 3.05) is 0 Å². The van der Waals surface area contributed by atoms with Crippen LogP contribution in [0.4, 0.5) is 0 Å². The van der Waals surface area contributed by atoms with E-state index in [9.17, 15) is 9.90 Å². The summed E-state index contributed by atoms with van der Waals surface area (Å²) in [5, 5.41) is 9.98. The normalized spacial score (nSPS) is 11.9. The second kappa shape index (κ2) is 6.45. The molecule has 0 aliphatic carbocycles. The first-order valence-corrected chi connectivity index (χ1v) is 8.63. The maximum absolute atomic E-state index is 11.9. The van der Waals surface area contributed by atoms with Crippen LogP contribution >= 0.6 is 0 Å². The fraction of sp³-hybridized carbons (Fsp3) is 0.333. The minimum absolute atomic E-state index is 0.0263. The molecule has 0 aliphatic heterocycles. The number of imidazole rings is 1. The molecule has 0 unspecified atom stereocenters. The summed E-state index contributed by atoms with van der Waals surface area (Å²) in [7, 11) is 0. The Balaban J connectivity index is 2.12. The molecule has 0 aliphatic rings. The van der Waals surface area contributed by atoms with Crippen LogP contribution in [0.15, 0.2) is 42.5 Å². The molecule has 3 rings (SSSR count). The molecule has 0 radical (unpaired) electrons. The van der Waals surface area contributed by atoms with Gasteiger partial charge in [-0.25, -0.2) is 4.98 Å². The second-order valence-electron chi connectivity index (χ2n) is 7.10. The summed E-state index contributed by atoms with van der Waals surface area (Å²) in [6, 6.07) is 13.9. The molecule has 2 aromatic carbocycles. The number of aliphatic hydroxyl groups is 1. The number of rotatable bonds is 5. The highest BCUT2D eigenvalue weighted by atomic mass is 16.3. The topological polar surface area (TPSA) is 55.1 Å². The first-order chi connectivity index (χ1) is 11.8. The molecule has 0 bridgehead atoms. The zero-order chi connectivity index (χ0) is 18.2. The van der Waals surface area contributed by atoms with Crippen molar-refractivity contribution in [2.24, 2.45) is 0 Å². The maximum atomic E-state index is 11.9. The van der Waals surface area contributed by atoms with Crippen LogP contribution in [-0.4, -0.2) is 26.0 Å². The van der Waals surface area contributed by atoms with Crippen LogP contribution in [0.25, 0.3) is 16.7 Å². The summed E-state index contributed by atoms with van der Waals surface area (Å²) in [6.07, 6.45) is 1.38. The van der Waals surface area contributed by atoms with Gasteiger partial charge >= 0.3 is 0 Å². The van der Waals surface area contributed by atoms with E-state index < -0.39 is 5.60 Å². The Morgan fingerprint density at radius 1 is 1.16 bits per heavy atom. The molecule has 4 nitrogen and oxygen atoms in total. The number of hydrogen-bond acceptors (Lipinski definition) is 3. The number of carbonyl (C=O) groups excluding carboxylic acids is 1. The van der Waals surface area contributed by atoms with Crippen molar-refractivity contribution < 1.29 is 9.90 Å². The number of nitrogens with zero attached hydrogens (tertiary/aromatic N) is 2. The molecule has 25 heavy (non-hydrogen) atoms. The lowest BCUT2D eigenvalue weighted by Crippen LogP contribution is -2.21. The molecule has 130 valence electrons. The SMILES string of the molecule is CCc1nc2c(C(C)=O)cccc2n1-c1ccc(CC(C)(C)O)cc1. The van der Waals surface area contributed by atoms with E-state index in [0.717, 1.165) is 34.5 Å². The van der Waals surface area contributed by atoms with Crippen LogP contribution in [0, 0.1) is 0 Å². The molecule has 0 amide bonds. The maximum Gasteiger partial charge on any atom is 0.162 e. The average Bonchev–Trinajstić information content (AvgIpc) is 2.92. The van der Waals surface area contributed by atoms with Crippen LogP contribution in [0.1, 0.15) is 49.4 Å². The third-order valence-electron chi connectivity index (χ3n) is 4.28. The van der Waals surface area contributed by atoms with Gasteiger partial charge in [0.25, 0.3) is 0 Å². The molecule has 1 aromatic heterocycles. The van der Waals surface area contributed by atoms with E-state index >= 15 is 0 Å². The molecule has 1 heterocycles. The van der Waals surface area contributed by atoms with Crippen LogP contribution < -0.4 is 0 Å². The molecule has 4 heteroatoms. The number of para-hydroxylation sites is 1. The highest BCUT2D eigenvalue weighted by molar-refractivity contribution is 6.05. The number of carbonyl (C=O) groups is 1. The van der Waals surface area contributed by atoms with Gasteiger partial charge in [0.15, 0.2) is 5.78 Å². The van der Waals surface area contributed by atoms with Gasteiger partial charge in [0, 0.05) is 24.1 Å². The van der Waals surface area contributed by atoms with E-state index in [1.165, 1.54) is 0 Å². The summed E-state index contributed by atoms with van der Waals surface area (Å²) in [4.78, 5) is 16.6. The number of hydrogen-bond donors (Lipinski definition) is 1. The van der Waals surface area contributed by atoms with Gasteiger partial charge in [-0.1, -0.05) is 25.1 Å². The summed E-state index contributed by atoms with van der Waals surface area (Å²) in [5.41, 5.74) is 3.73. The van der Waals surface area contributed by atoms with Crippen molar-refractivity contribution in [1.29, 1.82) is 0 Å². The fourth-order valence-corrected chi connectivity index (χ4v) is 3.22. The Morgan fingerprint density at radius 3 is 2.40 bits per heavy atom. The summed E-state index contributed by atoms with van der Waals surface area (Å²) in [6.45, 7) is 7.25. The number of benzene rings is 2. The van der Waals surface area contributed by atoms with Crippen LogP contribution in [0.5, 0.6) is 0 Å². The standard InChI is InChI=1S/C21H24N2O2/c1-5-19-22-20-17(14(2)24)7-6-8-18(20)23(19)16-11-9-15(10-12-16)13-21(3,4)25/h6-12,25H,5,13H2,1-4H3. The van der Waals surface area contributed by atoms with Gasteiger partial charge < -0.3 is 5.11 Å². The van der Waals surface area contributed by atoms with Gasteiger partial charge in [0.05, 0.1) is 16.6 Å². The number of fused-ring (bicyclic) bond motifs is 1. The van der Waals surface area contributed by atoms with Gasteiger partial charge in [-0.05, 0) is 50.6 Å². The highest BCUT2D eigenvalue weighted by Gasteiger charge is 2.17. The Hall–Kier alpha value is -2.46. The van der Waals surface area contributed by atoms with E-state index in [1.807, 2.05) is 56.3 Å². The zero-order valence-electron chi connectivity index (χ0n) is 15.2. The Bertz CT molecular complexity index is 915. The second-order valence-corrected chi connectivity index (χ2v) is 7.10. The lowest BCUT2D eigenvalue weighted by atomic mass is 9.98. The van der Waals surface area contributed by atoms with Gasteiger partial charge in [-0.3, -0.25) is 9.36 Å². The molecule has 3 aromatic rings.